The van der Waals surface area contributed by atoms with Gasteiger partial charge in [-0.15, -0.1) is 0 Å². The molecule has 1 heterocycles. The Morgan fingerprint density at radius 1 is 1.00 bits per heavy atom. The molecule has 0 aliphatic carbocycles. The van der Waals surface area contributed by atoms with Gasteiger partial charge in [-0.05, 0) is 61.0 Å². The van der Waals surface area contributed by atoms with Crippen molar-refractivity contribution in [3.8, 4) is 0 Å². The quantitative estimate of drug-likeness (QED) is 0.695. The van der Waals surface area contributed by atoms with Gasteiger partial charge in [0.05, 0.1) is 0 Å². The number of thiocarbonyl (C=S) groups is 1. The molecule has 0 saturated carbocycles. The lowest BCUT2D eigenvalue weighted by molar-refractivity contribution is -0.132. The first-order valence-electron chi connectivity index (χ1n) is 10.6. The Morgan fingerprint density at radius 2 is 1.65 bits per heavy atom. The van der Waals surface area contributed by atoms with Gasteiger partial charge < -0.3 is 15.1 Å². The van der Waals surface area contributed by atoms with Gasteiger partial charge in [0.2, 0.25) is 5.91 Å². The van der Waals surface area contributed by atoms with Gasteiger partial charge in [0.1, 0.15) is 0 Å². The molecule has 0 aromatic heterocycles. The number of hydrogen-bond acceptors (Lipinski definition) is 4. The second-order valence-corrected chi connectivity index (χ2v) is 8.64. The van der Waals surface area contributed by atoms with E-state index in [-0.39, 0.29) is 16.9 Å². The molecule has 2 aromatic rings. The molecule has 2 amide bonds. The normalized spacial score (nSPS) is 13.8. The van der Waals surface area contributed by atoms with Crippen LogP contribution in [0.25, 0.3) is 0 Å². The molecule has 0 bridgehead atoms. The third-order valence-corrected chi connectivity index (χ3v) is 5.53. The predicted octanol–water partition coefficient (Wildman–Crippen LogP) is 3.82. The van der Waals surface area contributed by atoms with Crippen LogP contribution < -0.4 is 15.5 Å². The van der Waals surface area contributed by atoms with Crippen molar-refractivity contribution in [2.45, 2.75) is 27.2 Å². The van der Waals surface area contributed by atoms with Crippen molar-refractivity contribution in [1.82, 2.24) is 10.2 Å². The fourth-order valence-corrected chi connectivity index (χ4v) is 3.82. The molecule has 1 aliphatic rings. The number of nitrogens with zero attached hydrogens (tertiary/aromatic N) is 2. The fraction of sp³-hybridized carbons (Fsp3) is 0.375. The van der Waals surface area contributed by atoms with Crippen molar-refractivity contribution in [3.05, 3.63) is 59.7 Å². The summed E-state index contributed by atoms with van der Waals surface area (Å²) in [6.07, 6.45) is 0.612. The van der Waals surface area contributed by atoms with Gasteiger partial charge in [0.15, 0.2) is 5.11 Å². The Kier molecular flexibility index (Phi) is 7.63. The van der Waals surface area contributed by atoms with Crippen LogP contribution in [0.3, 0.4) is 0 Å². The highest BCUT2D eigenvalue weighted by Gasteiger charge is 2.21. The Morgan fingerprint density at radius 3 is 2.26 bits per heavy atom. The molecule has 2 N–H and O–H groups in total. The molecule has 0 atom stereocenters. The lowest BCUT2D eigenvalue weighted by atomic mass is 10.1. The number of amides is 2. The van der Waals surface area contributed by atoms with Gasteiger partial charge in [0.25, 0.3) is 5.91 Å². The molecule has 0 radical (unpaired) electrons. The average Bonchev–Trinajstić information content (AvgIpc) is 2.74. The molecule has 1 fully saturated rings. The average molecular weight is 439 g/mol. The third kappa shape index (κ3) is 6.28. The smallest absolute Gasteiger partial charge is 0.257 e. The minimum Gasteiger partial charge on any atom is -0.368 e. The monoisotopic (exact) mass is 438 g/mol. The SMILES string of the molecule is Cc1ccccc1C(=O)NC(=S)Nc1ccc(N2CCN(C(=O)CC(C)C)CC2)cc1. The van der Waals surface area contributed by atoms with Crippen molar-refractivity contribution < 1.29 is 9.59 Å². The Bertz CT molecular complexity index is 935. The van der Waals surface area contributed by atoms with E-state index in [0.29, 0.717) is 17.9 Å². The summed E-state index contributed by atoms with van der Waals surface area (Å²) >= 11 is 5.29. The number of rotatable bonds is 5. The Balaban J connectivity index is 1.50. The van der Waals surface area contributed by atoms with Crippen LogP contribution in [0.1, 0.15) is 36.2 Å². The van der Waals surface area contributed by atoms with Crippen LogP contribution in [-0.4, -0.2) is 48.0 Å². The summed E-state index contributed by atoms with van der Waals surface area (Å²) in [5.74, 6) is 0.408. The molecule has 0 spiro atoms. The molecule has 7 heteroatoms. The van der Waals surface area contributed by atoms with Crippen molar-refractivity contribution in [2.24, 2.45) is 5.92 Å². The van der Waals surface area contributed by atoms with E-state index in [1.54, 1.807) is 6.07 Å². The van der Waals surface area contributed by atoms with Gasteiger partial charge in [-0.2, -0.15) is 0 Å². The van der Waals surface area contributed by atoms with Gasteiger partial charge >= 0.3 is 0 Å². The predicted molar refractivity (Wildman–Crippen MR) is 130 cm³/mol. The first-order chi connectivity index (χ1) is 14.8. The minimum absolute atomic E-state index is 0.225. The summed E-state index contributed by atoms with van der Waals surface area (Å²) in [5.41, 5.74) is 3.42. The molecule has 3 rings (SSSR count). The number of carbonyl (C=O) groups is 2. The standard InChI is InChI=1S/C24H30N4O2S/c1-17(2)16-22(29)28-14-12-27(13-15-28)20-10-8-19(9-11-20)25-24(31)26-23(30)21-7-5-4-6-18(21)3/h4-11,17H,12-16H2,1-3H3,(H2,25,26,30,31). The maximum atomic E-state index is 12.4. The summed E-state index contributed by atoms with van der Waals surface area (Å²) in [5, 5.41) is 6.05. The Hall–Kier alpha value is -2.93. The number of nitrogens with one attached hydrogen (secondary N) is 2. The molecule has 164 valence electrons. The van der Waals surface area contributed by atoms with Crippen molar-refractivity contribution in [1.29, 1.82) is 0 Å². The molecular weight excluding hydrogens is 408 g/mol. The summed E-state index contributed by atoms with van der Waals surface area (Å²) in [6.45, 7) is 9.18. The largest absolute Gasteiger partial charge is 0.368 e. The van der Waals surface area contributed by atoms with Crippen LogP contribution in [0.15, 0.2) is 48.5 Å². The summed E-state index contributed by atoms with van der Waals surface area (Å²) in [4.78, 5) is 28.9. The molecule has 1 saturated heterocycles. The van der Waals surface area contributed by atoms with E-state index in [0.717, 1.165) is 43.1 Å². The van der Waals surface area contributed by atoms with Crippen LogP contribution in [-0.2, 0) is 4.79 Å². The van der Waals surface area contributed by atoms with E-state index in [1.807, 2.05) is 54.3 Å². The maximum absolute atomic E-state index is 12.4. The summed E-state index contributed by atoms with van der Waals surface area (Å²) in [7, 11) is 0. The van der Waals surface area contributed by atoms with E-state index >= 15 is 0 Å². The number of anilines is 2. The first-order valence-corrected chi connectivity index (χ1v) is 11.0. The molecule has 0 unspecified atom stereocenters. The van der Waals surface area contributed by atoms with E-state index in [9.17, 15) is 9.59 Å². The highest BCUT2D eigenvalue weighted by atomic mass is 32.1. The second kappa shape index (κ2) is 10.4. The van der Waals surface area contributed by atoms with Crippen LogP contribution in [0.5, 0.6) is 0 Å². The minimum atomic E-state index is -0.225. The summed E-state index contributed by atoms with van der Waals surface area (Å²) < 4.78 is 0. The van der Waals surface area contributed by atoms with E-state index in [1.165, 1.54) is 0 Å². The van der Waals surface area contributed by atoms with Crippen LogP contribution >= 0.6 is 12.2 Å². The zero-order valence-corrected chi connectivity index (χ0v) is 19.2. The van der Waals surface area contributed by atoms with Gasteiger partial charge in [0, 0.05) is 49.5 Å². The third-order valence-electron chi connectivity index (χ3n) is 5.32. The van der Waals surface area contributed by atoms with E-state index in [2.05, 4.69) is 29.4 Å². The first kappa shape index (κ1) is 22.7. The number of hydrogen-bond donors (Lipinski definition) is 2. The fourth-order valence-electron chi connectivity index (χ4n) is 3.61. The van der Waals surface area contributed by atoms with Crippen molar-refractivity contribution >= 4 is 40.5 Å². The van der Waals surface area contributed by atoms with Crippen molar-refractivity contribution in [3.63, 3.8) is 0 Å². The second-order valence-electron chi connectivity index (χ2n) is 8.24. The number of piperazine rings is 1. The molecule has 6 nitrogen and oxygen atoms in total. The maximum Gasteiger partial charge on any atom is 0.257 e. The number of aryl methyl sites for hydroxylation is 1. The number of carbonyl (C=O) groups excluding carboxylic acids is 2. The molecule has 2 aromatic carbocycles. The molecule has 1 aliphatic heterocycles. The van der Waals surface area contributed by atoms with Crippen LogP contribution in [0.2, 0.25) is 0 Å². The zero-order valence-electron chi connectivity index (χ0n) is 18.4. The van der Waals surface area contributed by atoms with E-state index < -0.39 is 0 Å². The molecular formula is C24H30N4O2S. The van der Waals surface area contributed by atoms with Crippen molar-refractivity contribution in [2.75, 3.05) is 36.4 Å². The Labute approximate surface area is 189 Å². The highest BCUT2D eigenvalue weighted by Crippen LogP contribution is 2.20. The zero-order chi connectivity index (χ0) is 22.4. The van der Waals surface area contributed by atoms with Crippen LogP contribution in [0.4, 0.5) is 11.4 Å². The highest BCUT2D eigenvalue weighted by molar-refractivity contribution is 7.80. The van der Waals surface area contributed by atoms with Crippen LogP contribution in [0, 0.1) is 12.8 Å². The lowest BCUT2D eigenvalue weighted by Crippen LogP contribution is -2.49. The van der Waals surface area contributed by atoms with Gasteiger partial charge in [-0.3, -0.25) is 14.9 Å². The summed E-state index contributed by atoms with van der Waals surface area (Å²) in [6, 6.07) is 15.3. The van der Waals surface area contributed by atoms with E-state index in [4.69, 9.17) is 12.2 Å². The van der Waals surface area contributed by atoms with Gasteiger partial charge in [-0.1, -0.05) is 32.0 Å². The topological polar surface area (TPSA) is 64.7 Å². The lowest BCUT2D eigenvalue weighted by Gasteiger charge is -2.36. The van der Waals surface area contributed by atoms with Gasteiger partial charge in [-0.25, -0.2) is 0 Å². The molecule has 31 heavy (non-hydrogen) atoms. The number of benzene rings is 2.